The van der Waals surface area contributed by atoms with Gasteiger partial charge in [-0.1, -0.05) is 48.5 Å². The molecule has 2 fully saturated rings. The number of hydrogen-bond donors (Lipinski definition) is 1. The summed E-state index contributed by atoms with van der Waals surface area (Å²) < 4.78 is 54.2. The van der Waals surface area contributed by atoms with Gasteiger partial charge in [0.2, 0.25) is 5.91 Å². The van der Waals surface area contributed by atoms with Crippen LogP contribution in [0.25, 0.3) is 0 Å². The van der Waals surface area contributed by atoms with E-state index in [1.807, 2.05) is 18.2 Å². The highest BCUT2D eigenvalue weighted by Crippen LogP contribution is 2.52. The van der Waals surface area contributed by atoms with E-state index in [0.29, 0.717) is 26.0 Å². The van der Waals surface area contributed by atoms with E-state index in [-0.39, 0.29) is 36.9 Å². The Bertz CT molecular complexity index is 1150. The summed E-state index contributed by atoms with van der Waals surface area (Å²) in [6.07, 6.45) is -3.05. The summed E-state index contributed by atoms with van der Waals surface area (Å²) in [5, 5.41) is 2.96. The highest BCUT2D eigenvalue weighted by atomic mass is 19.4. The predicted molar refractivity (Wildman–Crippen MR) is 125 cm³/mol. The number of alkyl halides is 3. The molecule has 3 heterocycles. The number of halogens is 3. The highest BCUT2D eigenvalue weighted by Gasteiger charge is 2.64. The van der Waals surface area contributed by atoms with Crippen molar-refractivity contribution in [3.8, 4) is 5.75 Å². The van der Waals surface area contributed by atoms with Crippen molar-refractivity contribution in [3.63, 3.8) is 0 Å². The van der Waals surface area contributed by atoms with Crippen molar-refractivity contribution in [3.05, 3.63) is 65.2 Å². The van der Waals surface area contributed by atoms with Crippen LogP contribution in [-0.2, 0) is 26.3 Å². The van der Waals surface area contributed by atoms with Crippen molar-refractivity contribution in [1.82, 2.24) is 10.2 Å². The first-order chi connectivity index (χ1) is 17.2. The van der Waals surface area contributed by atoms with Gasteiger partial charge in [-0.15, -0.1) is 0 Å². The Morgan fingerprint density at radius 1 is 1.11 bits per heavy atom. The molecule has 6 nitrogen and oxygen atoms in total. The van der Waals surface area contributed by atoms with E-state index < -0.39 is 23.1 Å². The average molecular weight is 503 g/mol. The van der Waals surface area contributed by atoms with Gasteiger partial charge in [-0.2, -0.15) is 13.2 Å². The first-order valence-electron chi connectivity index (χ1n) is 12.2. The fourth-order valence-electron chi connectivity index (χ4n) is 6.20. The van der Waals surface area contributed by atoms with Crippen LogP contribution in [0.2, 0.25) is 0 Å². The van der Waals surface area contributed by atoms with Crippen LogP contribution in [0.3, 0.4) is 0 Å². The Labute approximate surface area is 207 Å². The van der Waals surface area contributed by atoms with Crippen LogP contribution in [0.1, 0.15) is 41.9 Å². The minimum absolute atomic E-state index is 0.0515. The van der Waals surface area contributed by atoms with Crippen molar-refractivity contribution in [2.75, 3.05) is 33.4 Å². The molecule has 0 unspecified atom stereocenters. The summed E-state index contributed by atoms with van der Waals surface area (Å²) in [6, 6.07) is 13.1. The topological polar surface area (TPSA) is 67.9 Å². The molecule has 0 radical (unpaired) electrons. The van der Waals surface area contributed by atoms with E-state index in [0.717, 1.165) is 30.4 Å². The molecule has 2 saturated heterocycles. The second-order valence-corrected chi connectivity index (χ2v) is 9.87. The Kier molecular flexibility index (Phi) is 6.22. The number of ether oxygens (including phenoxy) is 2. The van der Waals surface area contributed by atoms with Gasteiger partial charge in [0.25, 0.3) is 11.5 Å². The molecule has 2 amide bonds. The zero-order chi connectivity index (χ0) is 25.6. The summed E-state index contributed by atoms with van der Waals surface area (Å²) in [5.41, 5.74) is -1.66. The Hall–Kier alpha value is -3.07. The molecule has 5 rings (SSSR count). The quantitative estimate of drug-likeness (QED) is 0.688. The average Bonchev–Trinajstić information content (AvgIpc) is 3.35. The number of hydrogen-bond acceptors (Lipinski definition) is 4. The first kappa shape index (κ1) is 24.6. The lowest BCUT2D eigenvalue weighted by molar-refractivity contribution is -0.271. The SMILES string of the molecule is CO[C@@](C(=O)N1CCC2(CC1)CC(=O)NC[C@@H]2c1cccc2c1OCC2)(c1ccccc1)C(F)(F)F. The minimum Gasteiger partial charge on any atom is -0.493 e. The fraction of sp³-hybridized carbons (Fsp3) is 0.481. The molecule has 9 heteroatoms. The molecule has 3 aliphatic rings. The van der Waals surface area contributed by atoms with Gasteiger partial charge in [0.1, 0.15) is 5.75 Å². The van der Waals surface area contributed by atoms with Crippen molar-refractivity contribution in [2.24, 2.45) is 5.41 Å². The molecule has 0 saturated carbocycles. The maximum Gasteiger partial charge on any atom is 0.430 e. The number of methoxy groups -OCH3 is 1. The molecule has 3 aliphatic heterocycles. The van der Waals surface area contributed by atoms with Crippen LogP contribution in [-0.4, -0.2) is 56.2 Å². The van der Waals surface area contributed by atoms with E-state index in [1.54, 1.807) is 6.07 Å². The maximum absolute atomic E-state index is 14.4. The zero-order valence-corrected chi connectivity index (χ0v) is 20.1. The molecule has 0 aliphatic carbocycles. The lowest BCUT2D eigenvalue weighted by Crippen LogP contribution is -2.60. The number of fused-ring (bicyclic) bond motifs is 1. The number of para-hydroxylation sites is 1. The molecule has 1 N–H and O–H groups in total. The fourth-order valence-corrected chi connectivity index (χ4v) is 6.20. The van der Waals surface area contributed by atoms with Gasteiger partial charge in [-0.05, 0) is 29.4 Å². The van der Waals surface area contributed by atoms with E-state index in [1.165, 1.54) is 29.2 Å². The number of nitrogens with zero attached hydrogens (tertiary/aromatic N) is 1. The van der Waals surface area contributed by atoms with Crippen LogP contribution in [0.5, 0.6) is 5.75 Å². The molecule has 2 aromatic rings. The van der Waals surface area contributed by atoms with Gasteiger partial charge in [0, 0.05) is 51.1 Å². The van der Waals surface area contributed by atoms with E-state index in [4.69, 9.17) is 9.47 Å². The van der Waals surface area contributed by atoms with Gasteiger partial charge >= 0.3 is 6.18 Å². The molecular weight excluding hydrogens is 473 g/mol. The number of carbonyl (C=O) groups is 2. The number of amides is 2. The Morgan fingerprint density at radius 3 is 2.50 bits per heavy atom. The van der Waals surface area contributed by atoms with Crippen molar-refractivity contribution >= 4 is 11.8 Å². The van der Waals surface area contributed by atoms with Crippen LogP contribution in [0.4, 0.5) is 13.2 Å². The smallest absolute Gasteiger partial charge is 0.430 e. The van der Waals surface area contributed by atoms with Gasteiger partial charge in [0.15, 0.2) is 0 Å². The molecule has 2 atom stereocenters. The zero-order valence-electron chi connectivity index (χ0n) is 20.1. The molecule has 192 valence electrons. The second kappa shape index (κ2) is 9.10. The van der Waals surface area contributed by atoms with Gasteiger partial charge in [0.05, 0.1) is 6.61 Å². The number of carbonyl (C=O) groups excluding carboxylic acids is 2. The second-order valence-electron chi connectivity index (χ2n) is 9.87. The third kappa shape index (κ3) is 3.84. The predicted octanol–water partition coefficient (Wildman–Crippen LogP) is 3.94. The molecule has 36 heavy (non-hydrogen) atoms. The van der Waals surface area contributed by atoms with E-state index in [2.05, 4.69) is 5.32 Å². The van der Waals surface area contributed by atoms with Crippen molar-refractivity contribution in [1.29, 1.82) is 0 Å². The number of rotatable bonds is 4. The van der Waals surface area contributed by atoms with E-state index >= 15 is 0 Å². The Morgan fingerprint density at radius 2 is 1.83 bits per heavy atom. The van der Waals surface area contributed by atoms with Gasteiger partial charge in [-0.3, -0.25) is 9.59 Å². The third-order valence-corrected chi connectivity index (χ3v) is 8.11. The third-order valence-electron chi connectivity index (χ3n) is 8.11. The maximum atomic E-state index is 14.4. The number of benzene rings is 2. The molecule has 1 spiro atoms. The largest absolute Gasteiger partial charge is 0.493 e. The van der Waals surface area contributed by atoms with Gasteiger partial charge in [-0.25, -0.2) is 0 Å². The Balaban J connectivity index is 1.44. The van der Waals surface area contributed by atoms with Crippen LogP contribution in [0.15, 0.2) is 48.5 Å². The summed E-state index contributed by atoms with van der Waals surface area (Å²) >= 11 is 0. The molecule has 2 aromatic carbocycles. The number of nitrogens with one attached hydrogen (secondary N) is 1. The van der Waals surface area contributed by atoms with Crippen LogP contribution < -0.4 is 10.1 Å². The molecule has 0 aromatic heterocycles. The lowest BCUT2D eigenvalue weighted by atomic mass is 9.62. The normalized spacial score (nSPS) is 22.9. The van der Waals surface area contributed by atoms with Crippen molar-refractivity contribution < 1.29 is 32.2 Å². The molecule has 0 bridgehead atoms. The van der Waals surface area contributed by atoms with Crippen molar-refractivity contribution in [2.45, 2.75) is 43.4 Å². The monoisotopic (exact) mass is 502 g/mol. The minimum atomic E-state index is -4.95. The van der Waals surface area contributed by atoms with E-state index in [9.17, 15) is 22.8 Å². The summed E-state index contributed by atoms with van der Waals surface area (Å²) in [6.45, 7) is 1.25. The number of likely N-dealkylation sites (tertiary alicyclic amines) is 1. The standard InChI is InChI=1S/C27H29F3N2O4/c1-35-26(27(28,29)30,19-7-3-2-4-8-19)24(34)32-13-11-25(12-14-32)16-22(33)31-17-21(25)20-9-5-6-18-10-15-36-23(18)20/h2-9,21H,10-17H2,1H3,(H,31,33)/t21-,26-/m1/s1. The molecular formula is C27H29F3N2O4. The summed E-state index contributed by atoms with van der Waals surface area (Å²) in [7, 11) is 0.918. The summed E-state index contributed by atoms with van der Waals surface area (Å²) in [5.74, 6) is -0.398. The summed E-state index contributed by atoms with van der Waals surface area (Å²) in [4.78, 5) is 27.3. The van der Waals surface area contributed by atoms with Crippen LogP contribution in [0, 0.1) is 5.41 Å². The van der Waals surface area contributed by atoms with Crippen LogP contribution >= 0.6 is 0 Å². The number of piperidine rings is 2. The first-order valence-corrected chi connectivity index (χ1v) is 12.2. The lowest BCUT2D eigenvalue weighted by Gasteiger charge is -2.50. The highest BCUT2D eigenvalue weighted by molar-refractivity contribution is 5.88. The van der Waals surface area contributed by atoms with Gasteiger partial charge < -0.3 is 19.7 Å².